The topological polar surface area (TPSA) is 73.1 Å². The zero-order valence-corrected chi connectivity index (χ0v) is 14.8. The fourth-order valence-corrected chi connectivity index (χ4v) is 2.84. The third kappa shape index (κ3) is 3.80. The summed E-state index contributed by atoms with van der Waals surface area (Å²) in [5.41, 5.74) is 3.22. The lowest BCUT2D eigenvalue weighted by molar-refractivity contribution is -0.130. The first-order valence-electron chi connectivity index (χ1n) is 8.27. The van der Waals surface area contributed by atoms with Gasteiger partial charge in [-0.2, -0.15) is 5.10 Å². The highest BCUT2D eigenvalue weighted by Gasteiger charge is 2.27. The van der Waals surface area contributed by atoms with E-state index in [0.29, 0.717) is 28.0 Å². The van der Waals surface area contributed by atoms with Gasteiger partial charge in [-0.3, -0.25) is 4.79 Å². The number of nitrogens with zero attached hydrogens (tertiary/aromatic N) is 1. The summed E-state index contributed by atoms with van der Waals surface area (Å²) in [6.07, 6.45) is 0.642. The van der Waals surface area contributed by atoms with Gasteiger partial charge in [0.2, 0.25) is 6.10 Å². The van der Waals surface area contributed by atoms with Crippen LogP contribution in [0.15, 0.2) is 70.2 Å². The van der Waals surface area contributed by atoms with E-state index in [1.54, 1.807) is 30.3 Å². The van der Waals surface area contributed by atoms with Gasteiger partial charge >= 0.3 is 0 Å². The molecule has 0 saturated heterocycles. The third-order valence-electron chi connectivity index (χ3n) is 3.93. The molecule has 27 heavy (non-hydrogen) atoms. The molecule has 136 valence electrons. The van der Waals surface area contributed by atoms with Crippen molar-refractivity contribution in [2.75, 3.05) is 6.61 Å². The van der Waals surface area contributed by atoms with E-state index in [2.05, 4.69) is 10.5 Å². The van der Waals surface area contributed by atoms with E-state index in [-0.39, 0.29) is 6.61 Å². The Morgan fingerprint density at radius 2 is 1.85 bits per heavy atom. The third-order valence-corrected chi connectivity index (χ3v) is 4.26. The molecule has 0 radical (unpaired) electrons. The van der Waals surface area contributed by atoms with E-state index < -0.39 is 12.0 Å². The van der Waals surface area contributed by atoms with Crippen LogP contribution in [0.25, 0.3) is 11.3 Å². The number of para-hydroxylation sites is 2. The molecule has 0 bridgehead atoms. The lowest BCUT2D eigenvalue weighted by atomic mass is 10.2. The summed E-state index contributed by atoms with van der Waals surface area (Å²) < 4.78 is 16.8. The predicted molar refractivity (Wildman–Crippen MR) is 101 cm³/mol. The van der Waals surface area contributed by atoms with E-state index in [4.69, 9.17) is 25.5 Å². The highest BCUT2D eigenvalue weighted by molar-refractivity contribution is 6.33. The highest BCUT2D eigenvalue weighted by atomic mass is 35.5. The van der Waals surface area contributed by atoms with Gasteiger partial charge in [0, 0.05) is 5.56 Å². The Morgan fingerprint density at radius 3 is 2.70 bits per heavy atom. The Hall–Kier alpha value is -3.25. The van der Waals surface area contributed by atoms with Crippen LogP contribution < -0.4 is 14.9 Å². The zero-order chi connectivity index (χ0) is 18.6. The van der Waals surface area contributed by atoms with Gasteiger partial charge in [0.05, 0.1) is 11.2 Å². The number of hydrogen-bond donors (Lipinski definition) is 1. The second-order valence-corrected chi connectivity index (χ2v) is 6.19. The summed E-state index contributed by atoms with van der Waals surface area (Å²) in [5.74, 6) is 1.85. The summed E-state index contributed by atoms with van der Waals surface area (Å²) in [7, 11) is 0. The van der Waals surface area contributed by atoms with Crippen molar-refractivity contribution >= 4 is 23.7 Å². The molecule has 1 amide bonds. The molecule has 1 aliphatic heterocycles. The Morgan fingerprint density at radius 1 is 1.07 bits per heavy atom. The number of hydrogen-bond acceptors (Lipinski definition) is 5. The largest absolute Gasteiger partial charge is 0.485 e. The van der Waals surface area contributed by atoms with Crippen molar-refractivity contribution in [2.45, 2.75) is 6.10 Å². The SMILES string of the molecule is O=C(N/N=C/c1ccc(-c2ccccc2Cl)o1)[C@H]1COc2ccccc2O1. The van der Waals surface area contributed by atoms with E-state index in [9.17, 15) is 4.79 Å². The van der Waals surface area contributed by atoms with Crippen LogP contribution in [-0.2, 0) is 4.79 Å². The number of furan rings is 1. The molecular formula is C20H15ClN2O4. The molecule has 0 unspecified atom stereocenters. The van der Waals surface area contributed by atoms with Crippen molar-refractivity contribution in [1.29, 1.82) is 0 Å². The molecule has 2 aromatic carbocycles. The normalized spacial score (nSPS) is 15.7. The van der Waals surface area contributed by atoms with Crippen molar-refractivity contribution in [2.24, 2.45) is 5.10 Å². The van der Waals surface area contributed by atoms with Crippen LogP contribution in [0.1, 0.15) is 5.76 Å². The average molecular weight is 383 g/mol. The Labute approximate surface area is 160 Å². The number of hydrazone groups is 1. The smallest absolute Gasteiger partial charge is 0.284 e. The molecule has 1 atom stereocenters. The fourth-order valence-electron chi connectivity index (χ4n) is 2.61. The first-order chi connectivity index (χ1) is 13.2. The number of carbonyl (C=O) groups is 1. The fraction of sp³-hybridized carbons (Fsp3) is 0.100. The number of amides is 1. The van der Waals surface area contributed by atoms with Gasteiger partial charge in [-0.15, -0.1) is 0 Å². The number of fused-ring (bicyclic) bond motifs is 1. The standard InChI is InChI=1S/C20H15ClN2O4/c21-15-6-2-1-5-14(15)16-10-9-13(26-16)11-22-23-20(24)19-12-25-17-7-3-4-8-18(17)27-19/h1-11,19H,12H2,(H,23,24)/b22-11+/t19-/m1/s1. The van der Waals surface area contributed by atoms with Gasteiger partial charge in [-0.25, -0.2) is 5.43 Å². The first kappa shape index (κ1) is 17.2. The maximum absolute atomic E-state index is 12.2. The molecule has 7 heteroatoms. The van der Waals surface area contributed by atoms with Crippen molar-refractivity contribution in [3.05, 3.63) is 71.4 Å². The molecule has 0 aliphatic carbocycles. The minimum Gasteiger partial charge on any atom is -0.485 e. The average Bonchev–Trinajstić information content (AvgIpc) is 3.16. The molecule has 0 saturated carbocycles. The van der Waals surface area contributed by atoms with Gasteiger partial charge < -0.3 is 13.9 Å². The van der Waals surface area contributed by atoms with E-state index in [1.807, 2.05) is 30.3 Å². The maximum atomic E-state index is 12.2. The van der Waals surface area contributed by atoms with Gasteiger partial charge in [0.1, 0.15) is 18.1 Å². The zero-order valence-electron chi connectivity index (χ0n) is 14.1. The van der Waals surface area contributed by atoms with Crippen LogP contribution in [-0.4, -0.2) is 24.8 Å². The summed E-state index contributed by atoms with van der Waals surface area (Å²) >= 11 is 6.16. The number of halogens is 1. The highest BCUT2D eigenvalue weighted by Crippen LogP contribution is 2.31. The van der Waals surface area contributed by atoms with Crippen molar-refractivity contribution < 1.29 is 18.7 Å². The van der Waals surface area contributed by atoms with Crippen molar-refractivity contribution in [3.63, 3.8) is 0 Å². The van der Waals surface area contributed by atoms with Gasteiger partial charge in [-0.05, 0) is 36.4 Å². The predicted octanol–water partition coefficient (Wildman–Crippen LogP) is 3.89. The van der Waals surface area contributed by atoms with E-state index in [0.717, 1.165) is 5.56 Å². The van der Waals surface area contributed by atoms with Gasteiger partial charge in [0.15, 0.2) is 11.5 Å². The van der Waals surface area contributed by atoms with Crippen LogP contribution in [0.2, 0.25) is 5.02 Å². The Bertz CT molecular complexity index is 999. The van der Waals surface area contributed by atoms with Crippen molar-refractivity contribution in [3.8, 4) is 22.8 Å². The molecule has 1 N–H and O–H groups in total. The molecule has 2 heterocycles. The second kappa shape index (κ2) is 7.55. The molecule has 1 aliphatic rings. The van der Waals surface area contributed by atoms with Crippen LogP contribution >= 0.6 is 11.6 Å². The van der Waals surface area contributed by atoms with Gasteiger partial charge in [0.25, 0.3) is 5.91 Å². The van der Waals surface area contributed by atoms with Crippen LogP contribution in [0.4, 0.5) is 0 Å². The summed E-state index contributed by atoms with van der Waals surface area (Å²) in [6, 6.07) is 18.1. The number of rotatable bonds is 4. The first-order valence-corrected chi connectivity index (χ1v) is 8.64. The van der Waals surface area contributed by atoms with Crippen molar-refractivity contribution in [1.82, 2.24) is 5.43 Å². The lowest BCUT2D eigenvalue weighted by Crippen LogP contribution is -2.42. The maximum Gasteiger partial charge on any atom is 0.284 e. The molecule has 0 spiro atoms. The minimum absolute atomic E-state index is 0.121. The van der Waals surface area contributed by atoms with Crippen LogP contribution in [0.5, 0.6) is 11.5 Å². The van der Waals surface area contributed by atoms with E-state index in [1.165, 1.54) is 6.21 Å². The quantitative estimate of drug-likeness (QED) is 0.548. The molecule has 6 nitrogen and oxygen atoms in total. The summed E-state index contributed by atoms with van der Waals surface area (Å²) in [6.45, 7) is 0.121. The monoisotopic (exact) mass is 382 g/mol. The van der Waals surface area contributed by atoms with Crippen LogP contribution in [0, 0.1) is 0 Å². The molecule has 0 fully saturated rings. The summed E-state index contributed by atoms with van der Waals surface area (Å²) in [4.78, 5) is 12.2. The number of nitrogens with one attached hydrogen (secondary N) is 1. The molecule has 1 aromatic heterocycles. The Balaban J connectivity index is 1.37. The minimum atomic E-state index is -0.771. The lowest BCUT2D eigenvalue weighted by Gasteiger charge is -2.24. The Kier molecular flexibility index (Phi) is 4.80. The number of carbonyl (C=O) groups excluding carboxylic acids is 1. The molecule has 3 aromatic rings. The molecule has 4 rings (SSSR count). The van der Waals surface area contributed by atoms with Crippen LogP contribution in [0.3, 0.4) is 0 Å². The summed E-state index contributed by atoms with van der Waals surface area (Å²) in [5, 5.41) is 4.51. The van der Waals surface area contributed by atoms with E-state index >= 15 is 0 Å². The number of ether oxygens (including phenoxy) is 2. The number of benzene rings is 2. The molecular weight excluding hydrogens is 368 g/mol. The second-order valence-electron chi connectivity index (χ2n) is 5.78. The van der Waals surface area contributed by atoms with Gasteiger partial charge in [-0.1, -0.05) is 35.9 Å².